The molecule has 90 valence electrons. The van der Waals surface area contributed by atoms with Gasteiger partial charge < -0.3 is 10.5 Å². The molecule has 0 heterocycles. The number of nitrogens with two attached hydrogens (primary N) is 1. The van der Waals surface area contributed by atoms with Crippen molar-refractivity contribution in [1.29, 1.82) is 0 Å². The van der Waals surface area contributed by atoms with Gasteiger partial charge in [0.1, 0.15) is 0 Å². The number of benzene rings is 1. The minimum absolute atomic E-state index is 0.0907. The molecule has 0 amide bonds. The molecule has 0 bridgehead atoms. The van der Waals surface area contributed by atoms with Crippen LogP contribution >= 0.6 is 23.4 Å². The molecule has 0 aliphatic rings. The summed E-state index contributed by atoms with van der Waals surface area (Å²) in [6.45, 7) is 6.82. The summed E-state index contributed by atoms with van der Waals surface area (Å²) in [7, 11) is 0. The van der Waals surface area contributed by atoms with E-state index in [0.29, 0.717) is 11.6 Å². The lowest BCUT2D eigenvalue weighted by molar-refractivity contribution is 0.00695. The van der Waals surface area contributed by atoms with Gasteiger partial charge in [-0.3, -0.25) is 0 Å². The van der Waals surface area contributed by atoms with Gasteiger partial charge in [0.05, 0.1) is 17.2 Å². The second-order valence-electron chi connectivity index (χ2n) is 4.47. The second kappa shape index (κ2) is 5.80. The molecular weight excluding hydrogens is 242 g/mol. The van der Waals surface area contributed by atoms with Crippen molar-refractivity contribution >= 4 is 29.1 Å². The quantitative estimate of drug-likeness (QED) is 0.507. The summed E-state index contributed by atoms with van der Waals surface area (Å²) in [4.78, 5) is 0.946. The Labute approximate surface area is 107 Å². The van der Waals surface area contributed by atoms with Gasteiger partial charge in [-0.1, -0.05) is 17.7 Å². The molecule has 0 atom stereocenters. The fourth-order valence-electron chi connectivity index (χ4n) is 1.17. The van der Waals surface area contributed by atoms with Gasteiger partial charge in [0.15, 0.2) is 0 Å². The summed E-state index contributed by atoms with van der Waals surface area (Å²) < 4.78 is 5.63. The lowest BCUT2D eigenvalue weighted by Gasteiger charge is -2.19. The van der Waals surface area contributed by atoms with Gasteiger partial charge in [0.25, 0.3) is 0 Å². The van der Waals surface area contributed by atoms with Crippen molar-refractivity contribution in [1.82, 2.24) is 0 Å². The van der Waals surface area contributed by atoms with Crippen molar-refractivity contribution in [2.24, 2.45) is 0 Å². The Morgan fingerprint density at radius 3 is 2.62 bits per heavy atom. The van der Waals surface area contributed by atoms with Gasteiger partial charge in [-0.2, -0.15) is 0 Å². The van der Waals surface area contributed by atoms with Gasteiger partial charge >= 0.3 is 0 Å². The van der Waals surface area contributed by atoms with E-state index in [1.807, 2.05) is 39.0 Å². The highest BCUT2D eigenvalue weighted by Crippen LogP contribution is 2.32. The first kappa shape index (κ1) is 13.7. The number of anilines is 1. The molecular formula is C12H18ClNOS. The van der Waals surface area contributed by atoms with Gasteiger partial charge in [-0.25, -0.2) is 0 Å². The Bertz CT molecular complexity index is 329. The lowest BCUT2D eigenvalue weighted by atomic mass is 10.2. The van der Waals surface area contributed by atoms with Crippen molar-refractivity contribution in [3.8, 4) is 0 Å². The standard InChI is InChI=1S/C12H18ClNOS/c1-12(2,3)15-7-8-16-11-9(13)5-4-6-10(11)14/h4-6H,7-8,14H2,1-3H3. The monoisotopic (exact) mass is 259 g/mol. The SMILES string of the molecule is CC(C)(C)OCCSc1c(N)cccc1Cl. The Morgan fingerprint density at radius 2 is 2.06 bits per heavy atom. The summed E-state index contributed by atoms with van der Waals surface area (Å²) in [5.41, 5.74) is 6.48. The van der Waals surface area contributed by atoms with E-state index in [0.717, 1.165) is 16.3 Å². The number of nitrogen functional groups attached to an aromatic ring is 1. The molecule has 0 aliphatic carbocycles. The maximum atomic E-state index is 6.06. The zero-order valence-corrected chi connectivity index (χ0v) is 11.5. The van der Waals surface area contributed by atoms with Crippen LogP contribution in [0.2, 0.25) is 5.02 Å². The number of hydrogen-bond donors (Lipinski definition) is 1. The van der Waals surface area contributed by atoms with E-state index in [1.54, 1.807) is 11.8 Å². The first-order valence-electron chi connectivity index (χ1n) is 5.21. The summed E-state index contributed by atoms with van der Waals surface area (Å²) in [5, 5.41) is 0.709. The van der Waals surface area contributed by atoms with E-state index in [1.165, 1.54) is 0 Å². The third kappa shape index (κ3) is 4.64. The number of rotatable bonds is 4. The zero-order chi connectivity index (χ0) is 12.2. The molecule has 0 unspecified atom stereocenters. The minimum atomic E-state index is -0.0907. The Hall–Kier alpha value is -0.380. The first-order chi connectivity index (χ1) is 7.40. The molecule has 0 fully saturated rings. The van der Waals surface area contributed by atoms with Crippen LogP contribution in [0, 0.1) is 0 Å². The maximum absolute atomic E-state index is 6.06. The van der Waals surface area contributed by atoms with Crippen LogP contribution in [0.3, 0.4) is 0 Å². The van der Waals surface area contributed by atoms with E-state index < -0.39 is 0 Å². The third-order valence-electron chi connectivity index (χ3n) is 1.86. The maximum Gasteiger partial charge on any atom is 0.0598 e. The van der Waals surface area contributed by atoms with E-state index in [4.69, 9.17) is 22.1 Å². The number of hydrogen-bond acceptors (Lipinski definition) is 3. The van der Waals surface area contributed by atoms with Crippen LogP contribution in [-0.2, 0) is 4.74 Å². The van der Waals surface area contributed by atoms with Crippen LogP contribution in [0.4, 0.5) is 5.69 Å². The van der Waals surface area contributed by atoms with Crippen LogP contribution in [0.15, 0.2) is 23.1 Å². The molecule has 0 radical (unpaired) electrons. The highest BCUT2D eigenvalue weighted by atomic mass is 35.5. The summed E-state index contributed by atoms with van der Waals surface area (Å²) in [6.07, 6.45) is 0. The smallest absolute Gasteiger partial charge is 0.0598 e. The van der Waals surface area contributed by atoms with Gasteiger partial charge in [0, 0.05) is 16.3 Å². The van der Waals surface area contributed by atoms with Gasteiger partial charge in [-0.05, 0) is 32.9 Å². The molecule has 4 heteroatoms. The second-order valence-corrected chi connectivity index (χ2v) is 5.98. The molecule has 1 aromatic carbocycles. The summed E-state index contributed by atoms with van der Waals surface area (Å²) >= 11 is 7.69. The number of thioether (sulfide) groups is 1. The molecule has 0 aromatic heterocycles. The largest absolute Gasteiger partial charge is 0.398 e. The fraction of sp³-hybridized carbons (Fsp3) is 0.500. The first-order valence-corrected chi connectivity index (χ1v) is 6.57. The summed E-state index contributed by atoms with van der Waals surface area (Å²) in [5.74, 6) is 0.852. The lowest BCUT2D eigenvalue weighted by Crippen LogP contribution is -2.20. The third-order valence-corrected chi connectivity index (χ3v) is 3.40. The molecule has 0 saturated heterocycles. The van der Waals surface area contributed by atoms with Crippen LogP contribution in [0.5, 0.6) is 0 Å². The molecule has 0 spiro atoms. The molecule has 2 nitrogen and oxygen atoms in total. The van der Waals surface area contributed by atoms with E-state index in [-0.39, 0.29) is 5.60 Å². The van der Waals surface area contributed by atoms with Gasteiger partial charge in [0.2, 0.25) is 0 Å². The Balaban J connectivity index is 2.43. The summed E-state index contributed by atoms with van der Waals surface area (Å²) in [6, 6.07) is 5.57. The van der Waals surface area contributed by atoms with E-state index in [9.17, 15) is 0 Å². The van der Waals surface area contributed by atoms with E-state index >= 15 is 0 Å². The predicted octanol–water partition coefficient (Wildman–Crippen LogP) is 3.83. The van der Waals surface area contributed by atoms with Gasteiger partial charge in [-0.15, -0.1) is 11.8 Å². The average molecular weight is 260 g/mol. The molecule has 0 saturated carbocycles. The highest BCUT2D eigenvalue weighted by molar-refractivity contribution is 7.99. The van der Waals surface area contributed by atoms with Crippen LogP contribution in [0.1, 0.15) is 20.8 Å². The highest BCUT2D eigenvalue weighted by Gasteiger charge is 2.10. The molecule has 16 heavy (non-hydrogen) atoms. The molecule has 1 rings (SSSR count). The van der Waals surface area contributed by atoms with Crippen LogP contribution in [0.25, 0.3) is 0 Å². The Kier molecular flexibility index (Phi) is 4.96. The number of ether oxygens (including phenoxy) is 1. The molecule has 1 aromatic rings. The molecule has 2 N–H and O–H groups in total. The van der Waals surface area contributed by atoms with Crippen molar-refractivity contribution in [2.45, 2.75) is 31.3 Å². The normalized spacial score (nSPS) is 11.8. The molecule has 0 aliphatic heterocycles. The topological polar surface area (TPSA) is 35.2 Å². The van der Waals surface area contributed by atoms with Crippen molar-refractivity contribution < 1.29 is 4.74 Å². The number of halogens is 1. The zero-order valence-electron chi connectivity index (χ0n) is 9.92. The average Bonchev–Trinajstić information content (AvgIpc) is 2.14. The predicted molar refractivity (Wildman–Crippen MR) is 72.3 cm³/mol. The fourth-order valence-corrected chi connectivity index (χ4v) is 2.33. The minimum Gasteiger partial charge on any atom is -0.398 e. The van der Waals surface area contributed by atoms with Crippen molar-refractivity contribution in [2.75, 3.05) is 18.1 Å². The van der Waals surface area contributed by atoms with E-state index in [2.05, 4.69) is 0 Å². The van der Waals surface area contributed by atoms with Crippen molar-refractivity contribution in [3.05, 3.63) is 23.2 Å². The Morgan fingerprint density at radius 1 is 1.38 bits per heavy atom. The van der Waals surface area contributed by atoms with Crippen molar-refractivity contribution in [3.63, 3.8) is 0 Å². The van der Waals surface area contributed by atoms with Crippen LogP contribution in [-0.4, -0.2) is 18.0 Å². The van der Waals surface area contributed by atoms with Crippen LogP contribution < -0.4 is 5.73 Å².